The van der Waals surface area contributed by atoms with Gasteiger partial charge in [0, 0.05) is 18.3 Å². The first kappa shape index (κ1) is 15.0. The van der Waals surface area contributed by atoms with Crippen LogP contribution in [0.25, 0.3) is 0 Å². The van der Waals surface area contributed by atoms with Gasteiger partial charge >= 0.3 is 0 Å². The van der Waals surface area contributed by atoms with Gasteiger partial charge in [-0.25, -0.2) is 0 Å². The Morgan fingerprint density at radius 2 is 1.94 bits per heavy atom. The van der Waals surface area contributed by atoms with E-state index in [-0.39, 0.29) is 0 Å². The second-order valence-electron chi connectivity index (χ2n) is 4.63. The lowest BCUT2D eigenvalue weighted by Crippen LogP contribution is -2.08. The van der Waals surface area contributed by atoms with Gasteiger partial charge in [-0.15, -0.1) is 0 Å². The molecule has 18 heavy (non-hydrogen) atoms. The maximum absolute atomic E-state index is 5.79. The Labute approximate surface area is 111 Å². The number of hydrogen-bond donors (Lipinski definition) is 1. The van der Waals surface area contributed by atoms with E-state index in [0.29, 0.717) is 0 Å². The zero-order valence-electron chi connectivity index (χ0n) is 11.7. The van der Waals surface area contributed by atoms with Crippen molar-refractivity contribution in [3.63, 3.8) is 0 Å². The Balaban J connectivity index is 2.18. The molecule has 0 spiro atoms. The van der Waals surface area contributed by atoms with E-state index in [4.69, 9.17) is 4.74 Å². The summed E-state index contributed by atoms with van der Waals surface area (Å²) in [6.07, 6.45) is 11.4. The molecule has 0 bridgehead atoms. The van der Waals surface area contributed by atoms with Crippen LogP contribution in [0.4, 0.5) is 0 Å². The number of ether oxygens (including phenoxy) is 1. The number of nitrogens with zero attached hydrogens (tertiary/aromatic N) is 1. The van der Waals surface area contributed by atoms with Gasteiger partial charge < -0.3 is 10.1 Å². The van der Waals surface area contributed by atoms with Crippen LogP contribution >= 0.6 is 0 Å². The zero-order valence-corrected chi connectivity index (χ0v) is 11.7. The van der Waals surface area contributed by atoms with E-state index in [2.05, 4.69) is 17.2 Å². The lowest BCUT2D eigenvalue weighted by Gasteiger charge is -2.10. The molecule has 0 saturated carbocycles. The summed E-state index contributed by atoms with van der Waals surface area (Å²) in [5.74, 6) is 0.917. The molecule has 1 aromatic rings. The first-order valence-corrected chi connectivity index (χ1v) is 7.08. The van der Waals surface area contributed by atoms with Crippen LogP contribution in [0.1, 0.15) is 51.0 Å². The van der Waals surface area contributed by atoms with Gasteiger partial charge in [-0.05, 0) is 19.5 Å². The summed E-state index contributed by atoms with van der Waals surface area (Å²) in [6.45, 7) is 3.87. The highest BCUT2D eigenvalue weighted by atomic mass is 16.5. The molecule has 1 heterocycles. The minimum absolute atomic E-state index is 0.800. The molecular formula is C15H26N2O. The van der Waals surface area contributed by atoms with E-state index in [1.807, 2.05) is 25.5 Å². The van der Waals surface area contributed by atoms with Crippen molar-refractivity contribution in [1.82, 2.24) is 10.3 Å². The van der Waals surface area contributed by atoms with E-state index in [1.165, 1.54) is 37.7 Å². The molecule has 0 radical (unpaired) electrons. The normalized spacial score (nSPS) is 10.6. The van der Waals surface area contributed by atoms with Crippen molar-refractivity contribution in [3.8, 4) is 5.75 Å². The van der Waals surface area contributed by atoms with Gasteiger partial charge in [0.1, 0.15) is 5.75 Å². The van der Waals surface area contributed by atoms with Crippen molar-refractivity contribution in [2.45, 2.75) is 52.0 Å². The molecule has 0 unspecified atom stereocenters. The van der Waals surface area contributed by atoms with Crippen molar-refractivity contribution in [2.24, 2.45) is 0 Å². The van der Waals surface area contributed by atoms with Crippen molar-refractivity contribution in [2.75, 3.05) is 13.7 Å². The summed E-state index contributed by atoms with van der Waals surface area (Å²) in [5.41, 5.74) is 1.18. The maximum atomic E-state index is 5.79. The smallest absolute Gasteiger partial charge is 0.142 e. The number of hydrogen-bond acceptors (Lipinski definition) is 3. The molecule has 3 nitrogen and oxygen atoms in total. The Bertz CT molecular complexity index is 315. The van der Waals surface area contributed by atoms with Gasteiger partial charge in [0.05, 0.1) is 12.8 Å². The topological polar surface area (TPSA) is 34.1 Å². The molecule has 0 atom stereocenters. The van der Waals surface area contributed by atoms with E-state index in [1.54, 1.807) is 0 Å². The number of unbranched alkanes of at least 4 members (excludes halogenated alkanes) is 5. The predicted molar refractivity (Wildman–Crippen MR) is 75.9 cm³/mol. The summed E-state index contributed by atoms with van der Waals surface area (Å²) in [7, 11) is 1.94. The van der Waals surface area contributed by atoms with Gasteiger partial charge in [0.2, 0.25) is 0 Å². The Hall–Kier alpha value is -1.09. The SMILES string of the molecule is CCCCCCCCOc1cnccc1CNC. The van der Waals surface area contributed by atoms with E-state index >= 15 is 0 Å². The average molecular weight is 250 g/mol. The van der Waals surface area contributed by atoms with Crippen molar-refractivity contribution >= 4 is 0 Å². The molecule has 0 aliphatic heterocycles. The highest BCUT2D eigenvalue weighted by Crippen LogP contribution is 2.16. The quantitative estimate of drug-likeness (QED) is 0.645. The van der Waals surface area contributed by atoms with E-state index < -0.39 is 0 Å². The lowest BCUT2D eigenvalue weighted by atomic mass is 10.1. The summed E-state index contributed by atoms with van der Waals surface area (Å²) in [5, 5.41) is 3.14. The highest BCUT2D eigenvalue weighted by molar-refractivity contribution is 5.29. The molecule has 1 N–H and O–H groups in total. The second kappa shape index (κ2) is 9.89. The fraction of sp³-hybridized carbons (Fsp3) is 0.667. The number of rotatable bonds is 10. The molecule has 1 aromatic heterocycles. The third-order valence-corrected chi connectivity index (χ3v) is 2.99. The first-order chi connectivity index (χ1) is 8.88. The Kier molecular flexibility index (Phi) is 8.23. The molecule has 0 saturated heterocycles. The standard InChI is InChI=1S/C15H26N2O/c1-3-4-5-6-7-8-11-18-15-13-17-10-9-14(15)12-16-2/h9-10,13,16H,3-8,11-12H2,1-2H3. The van der Waals surface area contributed by atoms with Gasteiger partial charge in [-0.1, -0.05) is 39.0 Å². The van der Waals surface area contributed by atoms with Crippen LogP contribution in [0.2, 0.25) is 0 Å². The van der Waals surface area contributed by atoms with Gasteiger partial charge in [0.15, 0.2) is 0 Å². The van der Waals surface area contributed by atoms with Crippen LogP contribution < -0.4 is 10.1 Å². The predicted octanol–water partition coefficient (Wildman–Crippen LogP) is 3.54. The monoisotopic (exact) mass is 250 g/mol. The minimum atomic E-state index is 0.800. The van der Waals surface area contributed by atoms with Crippen LogP contribution in [0.15, 0.2) is 18.5 Å². The first-order valence-electron chi connectivity index (χ1n) is 7.08. The fourth-order valence-electron chi connectivity index (χ4n) is 1.94. The summed E-state index contributed by atoms with van der Waals surface area (Å²) < 4.78 is 5.79. The number of nitrogens with one attached hydrogen (secondary N) is 1. The van der Waals surface area contributed by atoms with Crippen LogP contribution in [0.5, 0.6) is 5.75 Å². The van der Waals surface area contributed by atoms with Gasteiger partial charge in [-0.3, -0.25) is 4.98 Å². The summed E-state index contributed by atoms with van der Waals surface area (Å²) >= 11 is 0. The molecular weight excluding hydrogens is 224 g/mol. The molecule has 0 amide bonds. The molecule has 0 aliphatic rings. The maximum Gasteiger partial charge on any atom is 0.142 e. The largest absolute Gasteiger partial charge is 0.492 e. The van der Waals surface area contributed by atoms with Crippen molar-refractivity contribution in [1.29, 1.82) is 0 Å². The third kappa shape index (κ3) is 6.01. The van der Waals surface area contributed by atoms with Crippen LogP contribution in [-0.4, -0.2) is 18.6 Å². The Morgan fingerprint density at radius 1 is 1.17 bits per heavy atom. The van der Waals surface area contributed by atoms with Gasteiger partial charge in [-0.2, -0.15) is 0 Å². The second-order valence-corrected chi connectivity index (χ2v) is 4.63. The van der Waals surface area contributed by atoms with E-state index in [9.17, 15) is 0 Å². The molecule has 102 valence electrons. The summed E-state index contributed by atoms with van der Waals surface area (Å²) in [6, 6.07) is 2.01. The summed E-state index contributed by atoms with van der Waals surface area (Å²) in [4.78, 5) is 4.11. The zero-order chi connectivity index (χ0) is 13.1. The molecule has 1 rings (SSSR count). The average Bonchev–Trinajstić information content (AvgIpc) is 2.40. The third-order valence-electron chi connectivity index (χ3n) is 2.99. The van der Waals surface area contributed by atoms with Crippen molar-refractivity contribution < 1.29 is 4.74 Å². The molecule has 3 heteroatoms. The van der Waals surface area contributed by atoms with E-state index in [0.717, 1.165) is 25.3 Å². The molecule has 0 aliphatic carbocycles. The number of aromatic nitrogens is 1. The van der Waals surface area contributed by atoms with Gasteiger partial charge in [0.25, 0.3) is 0 Å². The number of pyridine rings is 1. The van der Waals surface area contributed by atoms with Crippen LogP contribution in [0, 0.1) is 0 Å². The van der Waals surface area contributed by atoms with Crippen LogP contribution in [-0.2, 0) is 6.54 Å². The Morgan fingerprint density at radius 3 is 2.72 bits per heavy atom. The highest BCUT2D eigenvalue weighted by Gasteiger charge is 2.02. The minimum Gasteiger partial charge on any atom is -0.492 e. The molecule has 0 aromatic carbocycles. The molecule has 0 fully saturated rings. The van der Waals surface area contributed by atoms with Crippen molar-refractivity contribution in [3.05, 3.63) is 24.0 Å². The van der Waals surface area contributed by atoms with Crippen LogP contribution in [0.3, 0.4) is 0 Å². The fourth-order valence-corrected chi connectivity index (χ4v) is 1.94. The lowest BCUT2D eigenvalue weighted by molar-refractivity contribution is 0.300.